The lowest BCUT2D eigenvalue weighted by atomic mass is 10.2. The highest BCUT2D eigenvalue weighted by Crippen LogP contribution is 2.10. The van der Waals surface area contributed by atoms with E-state index in [-0.39, 0.29) is 11.9 Å². The van der Waals surface area contributed by atoms with Gasteiger partial charge < -0.3 is 14.8 Å². The van der Waals surface area contributed by atoms with Crippen molar-refractivity contribution in [3.63, 3.8) is 0 Å². The summed E-state index contributed by atoms with van der Waals surface area (Å²) in [6.07, 6.45) is 12.7. The number of amides is 1. The molecule has 1 aromatic heterocycles. The van der Waals surface area contributed by atoms with Crippen LogP contribution in [-0.2, 0) is 11.3 Å². The number of unbranched alkanes of at least 4 members (excludes halogenated alkanes) is 1. The minimum absolute atomic E-state index is 0.0589. The molecule has 1 fully saturated rings. The average molecular weight is 292 g/mol. The van der Waals surface area contributed by atoms with E-state index < -0.39 is 0 Å². The predicted molar refractivity (Wildman–Crippen MR) is 84.0 cm³/mol. The van der Waals surface area contributed by atoms with Crippen molar-refractivity contribution < 1.29 is 4.79 Å². The summed E-state index contributed by atoms with van der Waals surface area (Å²) in [6, 6.07) is -0.0589. The number of nitrogens with one attached hydrogen (secondary N) is 1. The van der Waals surface area contributed by atoms with Crippen molar-refractivity contribution in [1.29, 1.82) is 0 Å². The van der Waals surface area contributed by atoms with Gasteiger partial charge in [0.2, 0.25) is 5.91 Å². The van der Waals surface area contributed by atoms with Gasteiger partial charge in [-0.15, -0.1) is 0 Å². The maximum Gasteiger partial charge on any atom is 0.239 e. The maximum atomic E-state index is 12.4. The molecule has 0 radical (unpaired) electrons. The Bertz CT molecular complexity index is 396. The first-order chi connectivity index (χ1) is 10.3. The fourth-order valence-corrected chi connectivity index (χ4v) is 2.81. The van der Waals surface area contributed by atoms with E-state index in [1.807, 2.05) is 24.3 Å². The molecule has 1 saturated heterocycles. The Kier molecular flexibility index (Phi) is 6.73. The largest absolute Gasteiger partial charge is 0.341 e. The Balaban J connectivity index is 1.59. The fraction of sp³-hybridized carbons (Fsp3) is 0.750. The van der Waals surface area contributed by atoms with E-state index in [4.69, 9.17) is 0 Å². The van der Waals surface area contributed by atoms with Crippen molar-refractivity contribution in [2.24, 2.45) is 0 Å². The molecule has 0 bridgehead atoms. The van der Waals surface area contributed by atoms with Crippen molar-refractivity contribution in [2.45, 2.75) is 58.0 Å². The fourth-order valence-electron chi connectivity index (χ4n) is 2.81. The van der Waals surface area contributed by atoms with Gasteiger partial charge in [0.1, 0.15) is 0 Å². The molecule has 5 nitrogen and oxygen atoms in total. The highest BCUT2D eigenvalue weighted by molar-refractivity contribution is 5.81. The number of aryl methyl sites for hydroxylation is 1. The van der Waals surface area contributed by atoms with Crippen molar-refractivity contribution in [2.75, 3.05) is 19.6 Å². The minimum atomic E-state index is -0.0589. The van der Waals surface area contributed by atoms with Crippen molar-refractivity contribution >= 4 is 5.91 Å². The molecule has 1 N–H and O–H groups in total. The van der Waals surface area contributed by atoms with Crippen LogP contribution in [0, 0.1) is 0 Å². The number of carbonyl (C=O) groups is 1. The summed E-state index contributed by atoms with van der Waals surface area (Å²) in [7, 11) is 0. The van der Waals surface area contributed by atoms with Crippen LogP contribution >= 0.6 is 0 Å². The molecule has 1 aliphatic rings. The van der Waals surface area contributed by atoms with E-state index >= 15 is 0 Å². The Morgan fingerprint density at radius 1 is 1.24 bits per heavy atom. The molecule has 0 spiro atoms. The molecule has 2 heterocycles. The first-order valence-corrected chi connectivity index (χ1v) is 8.25. The normalized spacial score (nSPS) is 17.5. The number of carbonyl (C=O) groups excluding carboxylic acids is 1. The zero-order valence-corrected chi connectivity index (χ0v) is 13.1. The number of rotatable bonds is 7. The van der Waals surface area contributed by atoms with E-state index in [1.165, 1.54) is 12.8 Å². The summed E-state index contributed by atoms with van der Waals surface area (Å²) in [5, 5.41) is 3.36. The van der Waals surface area contributed by atoms with Gasteiger partial charge in [-0.3, -0.25) is 4.79 Å². The molecule has 118 valence electrons. The molecule has 5 heteroatoms. The predicted octanol–water partition coefficient (Wildman–Crippen LogP) is 2.04. The lowest BCUT2D eigenvalue weighted by Crippen LogP contribution is -2.45. The first-order valence-electron chi connectivity index (χ1n) is 8.25. The molecule has 1 atom stereocenters. The molecule has 0 aromatic carbocycles. The van der Waals surface area contributed by atoms with Gasteiger partial charge in [0.05, 0.1) is 12.4 Å². The zero-order valence-electron chi connectivity index (χ0n) is 13.1. The van der Waals surface area contributed by atoms with Gasteiger partial charge in [-0.05, 0) is 39.2 Å². The van der Waals surface area contributed by atoms with Crippen LogP contribution in [0.15, 0.2) is 18.7 Å². The Hall–Kier alpha value is -1.36. The smallest absolute Gasteiger partial charge is 0.239 e. The second-order valence-electron chi connectivity index (χ2n) is 5.92. The van der Waals surface area contributed by atoms with E-state index in [9.17, 15) is 4.79 Å². The monoisotopic (exact) mass is 292 g/mol. The zero-order chi connectivity index (χ0) is 14.9. The molecular weight excluding hydrogens is 264 g/mol. The third-order valence-corrected chi connectivity index (χ3v) is 4.14. The standard InChI is InChI=1S/C16H28N4O/c1-15(16(21)20-11-5-2-3-6-12-20)18-8-4-7-10-19-13-9-17-14-19/h9,13-15,18H,2-8,10-12H2,1H3. The molecule has 0 aliphatic carbocycles. The Labute approximate surface area is 127 Å². The molecule has 1 aromatic rings. The summed E-state index contributed by atoms with van der Waals surface area (Å²) < 4.78 is 2.09. The lowest BCUT2D eigenvalue weighted by molar-refractivity contribution is -0.133. The van der Waals surface area contributed by atoms with Crippen LogP contribution in [0.4, 0.5) is 0 Å². The number of hydrogen-bond donors (Lipinski definition) is 1. The van der Waals surface area contributed by atoms with Crippen LogP contribution < -0.4 is 5.32 Å². The van der Waals surface area contributed by atoms with Gasteiger partial charge in [0.15, 0.2) is 0 Å². The number of nitrogens with zero attached hydrogens (tertiary/aromatic N) is 3. The van der Waals surface area contributed by atoms with Crippen LogP contribution in [0.1, 0.15) is 45.4 Å². The molecular formula is C16H28N4O. The van der Waals surface area contributed by atoms with Crippen LogP contribution in [0.2, 0.25) is 0 Å². The second kappa shape index (κ2) is 8.82. The topological polar surface area (TPSA) is 50.2 Å². The van der Waals surface area contributed by atoms with E-state index in [0.29, 0.717) is 0 Å². The average Bonchev–Trinajstić information content (AvgIpc) is 2.86. The van der Waals surface area contributed by atoms with Gasteiger partial charge in [-0.25, -0.2) is 4.98 Å². The minimum Gasteiger partial charge on any atom is -0.341 e. The molecule has 21 heavy (non-hydrogen) atoms. The summed E-state index contributed by atoms with van der Waals surface area (Å²) in [4.78, 5) is 18.4. The number of likely N-dealkylation sites (tertiary alicyclic amines) is 1. The van der Waals surface area contributed by atoms with Crippen LogP contribution in [0.25, 0.3) is 0 Å². The highest BCUT2D eigenvalue weighted by Gasteiger charge is 2.20. The number of imidazole rings is 1. The van der Waals surface area contributed by atoms with Crippen LogP contribution in [0.5, 0.6) is 0 Å². The van der Waals surface area contributed by atoms with Gasteiger partial charge >= 0.3 is 0 Å². The number of hydrogen-bond acceptors (Lipinski definition) is 3. The molecule has 1 unspecified atom stereocenters. The highest BCUT2D eigenvalue weighted by atomic mass is 16.2. The Morgan fingerprint density at radius 3 is 2.67 bits per heavy atom. The maximum absolute atomic E-state index is 12.4. The molecule has 0 saturated carbocycles. The first kappa shape index (κ1) is 16.0. The van der Waals surface area contributed by atoms with Gasteiger partial charge in [0, 0.05) is 32.0 Å². The van der Waals surface area contributed by atoms with Crippen molar-refractivity contribution in [3.8, 4) is 0 Å². The third-order valence-electron chi connectivity index (χ3n) is 4.14. The summed E-state index contributed by atoms with van der Waals surface area (Å²) >= 11 is 0. The molecule has 2 rings (SSSR count). The summed E-state index contributed by atoms with van der Waals surface area (Å²) in [6.45, 7) is 5.76. The quantitative estimate of drug-likeness (QED) is 0.783. The molecule has 1 amide bonds. The van der Waals surface area contributed by atoms with E-state index in [1.54, 1.807) is 6.20 Å². The van der Waals surface area contributed by atoms with Crippen molar-refractivity contribution in [1.82, 2.24) is 19.8 Å². The second-order valence-corrected chi connectivity index (χ2v) is 5.92. The summed E-state index contributed by atoms with van der Waals surface area (Å²) in [5.74, 6) is 0.270. The van der Waals surface area contributed by atoms with Gasteiger partial charge in [0.25, 0.3) is 0 Å². The van der Waals surface area contributed by atoms with Gasteiger partial charge in [-0.1, -0.05) is 12.8 Å². The lowest BCUT2D eigenvalue weighted by Gasteiger charge is -2.24. The SMILES string of the molecule is CC(NCCCCn1ccnc1)C(=O)N1CCCCCC1. The van der Waals surface area contributed by atoms with Crippen LogP contribution in [-0.4, -0.2) is 46.0 Å². The Morgan fingerprint density at radius 2 is 2.00 bits per heavy atom. The summed E-state index contributed by atoms with van der Waals surface area (Å²) in [5.41, 5.74) is 0. The molecule has 1 aliphatic heterocycles. The van der Waals surface area contributed by atoms with E-state index in [2.05, 4.69) is 14.9 Å². The van der Waals surface area contributed by atoms with Crippen LogP contribution in [0.3, 0.4) is 0 Å². The third kappa shape index (κ3) is 5.50. The van der Waals surface area contributed by atoms with E-state index in [0.717, 1.165) is 51.9 Å². The van der Waals surface area contributed by atoms with Crippen molar-refractivity contribution in [3.05, 3.63) is 18.7 Å². The van der Waals surface area contributed by atoms with Gasteiger partial charge in [-0.2, -0.15) is 0 Å². The number of aromatic nitrogens is 2.